The molecule has 0 saturated heterocycles. The number of aromatic nitrogens is 2. The summed E-state index contributed by atoms with van der Waals surface area (Å²) in [5, 5.41) is 12.0. The molecule has 0 aromatic carbocycles. The van der Waals surface area contributed by atoms with Gasteiger partial charge in [-0.2, -0.15) is 0 Å². The number of anilines is 1. The van der Waals surface area contributed by atoms with E-state index in [1.54, 1.807) is 7.05 Å². The lowest BCUT2D eigenvalue weighted by molar-refractivity contribution is -0.107. The Morgan fingerprint density at radius 3 is 2.61 bits per heavy atom. The smallest absolute Gasteiger partial charge is 0.323 e. The molecule has 2 amide bonds. The first-order chi connectivity index (χ1) is 8.34. The number of nitrogens with zero attached hydrogens (tertiary/aromatic N) is 3. The fourth-order valence-corrected chi connectivity index (χ4v) is 1.90. The normalized spacial score (nSPS) is 11.1. The average Bonchev–Trinajstić information content (AvgIpc) is 2.73. The van der Waals surface area contributed by atoms with Crippen molar-refractivity contribution in [2.75, 3.05) is 18.9 Å². The Hall–Kier alpha value is -1.50. The van der Waals surface area contributed by atoms with Crippen LogP contribution in [0.25, 0.3) is 0 Å². The molecule has 7 heteroatoms. The van der Waals surface area contributed by atoms with Gasteiger partial charge in [0, 0.05) is 25.4 Å². The van der Waals surface area contributed by atoms with Crippen LogP contribution in [0.2, 0.25) is 0 Å². The van der Waals surface area contributed by atoms with Crippen LogP contribution in [0.1, 0.15) is 32.2 Å². The number of hydrogen-bond donors (Lipinski definition) is 1. The first-order valence-corrected chi connectivity index (χ1v) is 6.46. The van der Waals surface area contributed by atoms with E-state index in [-0.39, 0.29) is 11.4 Å². The third-order valence-electron chi connectivity index (χ3n) is 2.21. The SMILES string of the molecule is CN(CCC=O)C(=O)Nc1nnc(C(C)(C)C)s1. The van der Waals surface area contributed by atoms with Crippen LogP contribution < -0.4 is 5.32 Å². The van der Waals surface area contributed by atoms with Gasteiger partial charge in [-0.15, -0.1) is 10.2 Å². The van der Waals surface area contributed by atoms with Crippen molar-refractivity contribution in [3.05, 3.63) is 5.01 Å². The quantitative estimate of drug-likeness (QED) is 0.848. The molecule has 0 aliphatic rings. The highest BCUT2D eigenvalue weighted by Gasteiger charge is 2.20. The molecule has 0 spiro atoms. The van der Waals surface area contributed by atoms with Gasteiger partial charge in [0.15, 0.2) is 0 Å². The van der Waals surface area contributed by atoms with Crippen LogP contribution >= 0.6 is 11.3 Å². The molecular weight excluding hydrogens is 252 g/mol. The molecule has 1 aromatic heterocycles. The second-order valence-corrected chi connectivity index (χ2v) is 5.95. The number of carbonyl (C=O) groups excluding carboxylic acids is 2. The lowest BCUT2D eigenvalue weighted by Crippen LogP contribution is -2.32. The highest BCUT2D eigenvalue weighted by Crippen LogP contribution is 2.27. The number of aldehydes is 1. The summed E-state index contributed by atoms with van der Waals surface area (Å²) in [7, 11) is 1.63. The molecule has 6 nitrogen and oxygen atoms in total. The fourth-order valence-electron chi connectivity index (χ4n) is 1.11. The Morgan fingerprint density at radius 1 is 1.44 bits per heavy atom. The van der Waals surface area contributed by atoms with Crippen LogP contribution in [-0.4, -0.2) is 41.0 Å². The van der Waals surface area contributed by atoms with E-state index >= 15 is 0 Å². The molecule has 0 unspecified atom stereocenters. The molecule has 1 heterocycles. The number of rotatable bonds is 4. The predicted octanol–water partition coefficient (Wildman–Crippen LogP) is 1.89. The van der Waals surface area contributed by atoms with Gasteiger partial charge in [-0.1, -0.05) is 32.1 Å². The lowest BCUT2D eigenvalue weighted by atomic mass is 9.98. The summed E-state index contributed by atoms with van der Waals surface area (Å²) >= 11 is 1.36. The highest BCUT2D eigenvalue weighted by molar-refractivity contribution is 7.15. The van der Waals surface area contributed by atoms with Gasteiger partial charge in [0.1, 0.15) is 11.3 Å². The molecule has 0 saturated carbocycles. The molecule has 1 N–H and O–H groups in total. The van der Waals surface area contributed by atoms with E-state index in [4.69, 9.17) is 0 Å². The van der Waals surface area contributed by atoms with Crippen LogP contribution in [0.5, 0.6) is 0 Å². The van der Waals surface area contributed by atoms with E-state index in [1.807, 2.05) is 20.8 Å². The minimum absolute atomic E-state index is 0.0793. The molecule has 0 bridgehead atoms. The molecule has 1 aromatic rings. The summed E-state index contributed by atoms with van der Waals surface area (Å²) in [5.74, 6) is 0. The zero-order valence-corrected chi connectivity index (χ0v) is 11.9. The molecule has 0 aliphatic heterocycles. The molecule has 100 valence electrons. The third kappa shape index (κ3) is 4.06. The second kappa shape index (κ2) is 5.90. The van der Waals surface area contributed by atoms with Crippen molar-refractivity contribution >= 4 is 28.8 Å². The van der Waals surface area contributed by atoms with Crippen molar-refractivity contribution in [1.82, 2.24) is 15.1 Å². The average molecular weight is 270 g/mol. The summed E-state index contributed by atoms with van der Waals surface area (Å²) in [6.07, 6.45) is 1.11. The minimum Gasteiger partial charge on any atom is -0.327 e. The number of urea groups is 1. The molecule has 0 radical (unpaired) electrons. The first kappa shape index (κ1) is 14.6. The fraction of sp³-hybridized carbons (Fsp3) is 0.636. The van der Waals surface area contributed by atoms with E-state index in [2.05, 4.69) is 15.5 Å². The summed E-state index contributed by atoms with van der Waals surface area (Å²) in [6.45, 7) is 6.50. The molecule has 0 atom stereocenters. The Balaban J connectivity index is 2.60. The number of amides is 2. The lowest BCUT2D eigenvalue weighted by Gasteiger charge is -2.15. The van der Waals surface area contributed by atoms with Crippen molar-refractivity contribution in [1.29, 1.82) is 0 Å². The van der Waals surface area contributed by atoms with E-state index in [0.717, 1.165) is 11.3 Å². The van der Waals surface area contributed by atoms with Gasteiger partial charge in [0.2, 0.25) is 5.13 Å². The van der Waals surface area contributed by atoms with E-state index < -0.39 is 0 Å². The van der Waals surface area contributed by atoms with Crippen molar-refractivity contribution in [3.8, 4) is 0 Å². The summed E-state index contributed by atoms with van der Waals surface area (Å²) in [4.78, 5) is 23.4. The first-order valence-electron chi connectivity index (χ1n) is 5.64. The standard InChI is InChI=1S/C11H18N4O2S/c1-11(2,3)8-13-14-9(18-8)12-10(17)15(4)6-5-7-16/h7H,5-6H2,1-4H3,(H,12,14,17). The van der Waals surface area contributed by atoms with Crippen molar-refractivity contribution in [3.63, 3.8) is 0 Å². The van der Waals surface area contributed by atoms with Gasteiger partial charge >= 0.3 is 6.03 Å². The number of carbonyl (C=O) groups is 2. The zero-order valence-electron chi connectivity index (χ0n) is 11.1. The Kier molecular flexibility index (Phi) is 4.77. The Morgan fingerprint density at radius 2 is 2.11 bits per heavy atom. The van der Waals surface area contributed by atoms with E-state index in [9.17, 15) is 9.59 Å². The van der Waals surface area contributed by atoms with Crippen LogP contribution in [0.4, 0.5) is 9.93 Å². The Labute approximate surface area is 110 Å². The van der Waals surface area contributed by atoms with Crippen molar-refractivity contribution in [2.45, 2.75) is 32.6 Å². The van der Waals surface area contributed by atoms with Crippen LogP contribution in [0, 0.1) is 0 Å². The van der Waals surface area contributed by atoms with Gasteiger partial charge in [-0.3, -0.25) is 5.32 Å². The van der Waals surface area contributed by atoms with E-state index in [1.165, 1.54) is 16.2 Å². The molecule has 1 rings (SSSR count). The second-order valence-electron chi connectivity index (χ2n) is 4.97. The molecule has 0 fully saturated rings. The van der Waals surface area contributed by atoms with Crippen LogP contribution in [0.3, 0.4) is 0 Å². The number of hydrogen-bond acceptors (Lipinski definition) is 5. The maximum absolute atomic E-state index is 11.7. The third-order valence-corrected chi connectivity index (χ3v) is 3.47. The van der Waals surface area contributed by atoms with Gasteiger partial charge in [0.25, 0.3) is 0 Å². The topological polar surface area (TPSA) is 75.2 Å². The number of nitrogens with one attached hydrogen (secondary N) is 1. The largest absolute Gasteiger partial charge is 0.327 e. The van der Waals surface area contributed by atoms with Crippen LogP contribution in [-0.2, 0) is 10.2 Å². The van der Waals surface area contributed by atoms with Gasteiger partial charge in [-0.05, 0) is 0 Å². The van der Waals surface area contributed by atoms with Gasteiger partial charge in [0.05, 0.1) is 0 Å². The van der Waals surface area contributed by atoms with Crippen molar-refractivity contribution in [2.24, 2.45) is 0 Å². The summed E-state index contributed by atoms with van der Waals surface area (Å²) in [5.41, 5.74) is -0.0793. The molecule has 0 aliphatic carbocycles. The highest BCUT2D eigenvalue weighted by atomic mass is 32.1. The maximum Gasteiger partial charge on any atom is 0.323 e. The monoisotopic (exact) mass is 270 g/mol. The maximum atomic E-state index is 11.7. The summed E-state index contributed by atoms with van der Waals surface area (Å²) in [6, 6.07) is -0.284. The van der Waals surface area contributed by atoms with Gasteiger partial charge < -0.3 is 9.69 Å². The Bertz CT molecular complexity index is 425. The molecular formula is C11H18N4O2S. The van der Waals surface area contributed by atoms with Crippen LogP contribution in [0.15, 0.2) is 0 Å². The predicted molar refractivity (Wildman–Crippen MR) is 70.9 cm³/mol. The molecule has 18 heavy (non-hydrogen) atoms. The summed E-state index contributed by atoms with van der Waals surface area (Å²) < 4.78 is 0. The van der Waals surface area contributed by atoms with Crippen molar-refractivity contribution < 1.29 is 9.59 Å². The zero-order chi connectivity index (χ0) is 13.8. The van der Waals surface area contributed by atoms with E-state index in [0.29, 0.717) is 18.1 Å². The minimum atomic E-state index is -0.284. The van der Waals surface area contributed by atoms with Gasteiger partial charge in [-0.25, -0.2) is 4.79 Å².